The van der Waals surface area contributed by atoms with Crippen molar-refractivity contribution in [2.75, 3.05) is 44.7 Å². The molecule has 2 aromatic carbocycles. The van der Waals surface area contributed by atoms with Gasteiger partial charge in [0.1, 0.15) is 29.5 Å². The van der Waals surface area contributed by atoms with Gasteiger partial charge in [-0.2, -0.15) is 9.97 Å². The Morgan fingerprint density at radius 2 is 2.02 bits per heavy atom. The average molecular weight is 593 g/mol. The molecule has 0 unspecified atom stereocenters. The zero-order chi connectivity index (χ0) is 29.5. The summed E-state index contributed by atoms with van der Waals surface area (Å²) in [5, 5.41) is 1.35. The quantitative estimate of drug-likeness (QED) is 0.275. The lowest BCUT2D eigenvalue weighted by molar-refractivity contribution is -0.128. The van der Waals surface area contributed by atoms with Crippen LogP contribution in [-0.4, -0.2) is 82.6 Å². The number of anilines is 1. The average Bonchev–Trinajstić information content (AvgIpc) is 3.41. The Kier molecular flexibility index (Phi) is 7.67. The SMILES string of the molecule is C=CC(=O)N1CCN(c2nc(OC[C@@H]3CCCN3C)nc3c(F)c(-c4cccc5ccc(F)c(Cl)c45)ncc23)C[C@@H]1C. The van der Waals surface area contributed by atoms with Crippen LogP contribution < -0.4 is 9.64 Å². The number of carbonyl (C=O) groups is 1. The maximum atomic E-state index is 16.5. The fourth-order valence-corrected chi connectivity index (χ4v) is 6.25. The fraction of sp³-hybridized carbons (Fsp3) is 0.355. The van der Waals surface area contributed by atoms with Crippen LogP contribution in [0.1, 0.15) is 19.8 Å². The fourth-order valence-electron chi connectivity index (χ4n) is 5.98. The minimum atomic E-state index is -0.680. The summed E-state index contributed by atoms with van der Waals surface area (Å²) >= 11 is 6.36. The highest BCUT2D eigenvalue weighted by Gasteiger charge is 2.30. The minimum absolute atomic E-state index is 0.00138. The van der Waals surface area contributed by atoms with Gasteiger partial charge in [0.25, 0.3) is 0 Å². The van der Waals surface area contributed by atoms with E-state index in [0.29, 0.717) is 53.8 Å². The summed E-state index contributed by atoms with van der Waals surface area (Å²) in [6.45, 7) is 8.31. The molecule has 0 aliphatic carbocycles. The van der Waals surface area contributed by atoms with Crippen molar-refractivity contribution in [3.8, 4) is 17.3 Å². The summed E-state index contributed by atoms with van der Waals surface area (Å²) < 4.78 is 37.0. The van der Waals surface area contributed by atoms with E-state index in [4.69, 9.17) is 21.3 Å². The van der Waals surface area contributed by atoms with Crippen molar-refractivity contribution in [1.29, 1.82) is 0 Å². The minimum Gasteiger partial charge on any atom is -0.462 e. The van der Waals surface area contributed by atoms with Crippen LogP contribution in [0.3, 0.4) is 0 Å². The molecule has 0 spiro atoms. The van der Waals surface area contributed by atoms with Crippen molar-refractivity contribution >= 4 is 45.0 Å². The summed E-state index contributed by atoms with van der Waals surface area (Å²) in [6, 6.07) is 8.23. The van der Waals surface area contributed by atoms with Gasteiger partial charge in [-0.3, -0.25) is 9.78 Å². The number of ether oxygens (including phenoxy) is 1. The lowest BCUT2D eigenvalue weighted by atomic mass is 10.0. The highest BCUT2D eigenvalue weighted by molar-refractivity contribution is 6.36. The van der Waals surface area contributed by atoms with Crippen LogP contribution in [0, 0.1) is 11.6 Å². The van der Waals surface area contributed by atoms with Crippen molar-refractivity contribution in [2.45, 2.75) is 31.8 Å². The number of hydrogen-bond acceptors (Lipinski definition) is 7. The Bertz CT molecular complexity index is 1700. The zero-order valence-electron chi connectivity index (χ0n) is 23.5. The largest absolute Gasteiger partial charge is 0.462 e. The van der Waals surface area contributed by atoms with Crippen LogP contribution in [-0.2, 0) is 4.79 Å². The Morgan fingerprint density at radius 3 is 2.76 bits per heavy atom. The first kappa shape index (κ1) is 28.2. The molecule has 2 saturated heterocycles. The standard InChI is InChI=1S/C31H31ClF2N6O2/c1-4-24(41)40-14-13-39(16-18(40)2)30-22-15-35-28(21-9-5-7-19-10-11-23(33)26(32)25(19)21)27(34)29(22)36-31(37-30)42-17-20-8-6-12-38(20)3/h4-5,7,9-11,15,18,20H,1,6,8,12-14,16-17H2,2-3H3/t18-,20-/m0/s1. The molecule has 0 radical (unpaired) electrons. The third-order valence-corrected chi connectivity index (χ3v) is 8.66. The van der Waals surface area contributed by atoms with E-state index in [9.17, 15) is 9.18 Å². The van der Waals surface area contributed by atoms with Gasteiger partial charge < -0.3 is 19.4 Å². The number of nitrogens with zero attached hydrogens (tertiary/aromatic N) is 6. The number of halogens is 3. The van der Waals surface area contributed by atoms with Gasteiger partial charge in [-0.05, 0) is 50.9 Å². The maximum Gasteiger partial charge on any atom is 0.319 e. The molecule has 2 aliphatic rings. The van der Waals surface area contributed by atoms with Gasteiger partial charge in [0.05, 0.1) is 10.4 Å². The van der Waals surface area contributed by atoms with E-state index in [1.807, 2.05) is 11.8 Å². The van der Waals surface area contributed by atoms with Crippen LogP contribution >= 0.6 is 11.6 Å². The lowest BCUT2D eigenvalue weighted by Gasteiger charge is -2.40. The molecule has 2 fully saturated rings. The van der Waals surface area contributed by atoms with E-state index < -0.39 is 11.6 Å². The van der Waals surface area contributed by atoms with Gasteiger partial charge >= 0.3 is 6.01 Å². The van der Waals surface area contributed by atoms with Crippen molar-refractivity contribution in [3.63, 3.8) is 0 Å². The number of aromatic nitrogens is 3. The lowest BCUT2D eigenvalue weighted by Crippen LogP contribution is -2.54. The van der Waals surface area contributed by atoms with E-state index in [1.165, 1.54) is 18.3 Å². The van der Waals surface area contributed by atoms with E-state index in [1.54, 1.807) is 29.2 Å². The van der Waals surface area contributed by atoms with Gasteiger partial charge in [0, 0.05) is 48.9 Å². The van der Waals surface area contributed by atoms with Crippen LogP contribution in [0.25, 0.3) is 32.9 Å². The van der Waals surface area contributed by atoms with Crippen molar-refractivity contribution < 1.29 is 18.3 Å². The van der Waals surface area contributed by atoms with Gasteiger partial charge in [0.2, 0.25) is 5.91 Å². The molecule has 11 heteroatoms. The summed E-state index contributed by atoms with van der Waals surface area (Å²) in [6.07, 6.45) is 4.92. The molecular formula is C31H31ClF2N6O2. The highest BCUT2D eigenvalue weighted by Crippen LogP contribution is 2.38. The molecular weight excluding hydrogens is 562 g/mol. The number of pyridine rings is 1. The molecule has 218 valence electrons. The maximum absolute atomic E-state index is 16.5. The molecule has 4 aromatic rings. The molecule has 1 amide bonds. The Balaban J connectivity index is 1.46. The van der Waals surface area contributed by atoms with Crippen molar-refractivity contribution in [1.82, 2.24) is 24.8 Å². The van der Waals surface area contributed by atoms with E-state index in [-0.39, 0.29) is 40.2 Å². The molecule has 6 rings (SSSR count). The molecule has 8 nitrogen and oxygen atoms in total. The number of piperazine rings is 1. The molecule has 0 bridgehead atoms. The second kappa shape index (κ2) is 11.4. The Labute approximate surface area is 247 Å². The Hall–Kier alpha value is -3.89. The van der Waals surface area contributed by atoms with Gasteiger partial charge in [0.15, 0.2) is 5.82 Å². The number of likely N-dealkylation sites (N-methyl/N-ethyl adjacent to an activating group) is 1. The second-order valence-electron chi connectivity index (χ2n) is 10.9. The first-order valence-corrected chi connectivity index (χ1v) is 14.4. The van der Waals surface area contributed by atoms with Gasteiger partial charge in [-0.15, -0.1) is 0 Å². The summed E-state index contributed by atoms with van der Waals surface area (Å²) in [5.74, 6) is -0.937. The van der Waals surface area contributed by atoms with Gasteiger partial charge in [-0.25, -0.2) is 8.78 Å². The van der Waals surface area contributed by atoms with E-state index >= 15 is 4.39 Å². The first-order chi connectivity index (χ1) is 20.3. The van der Waals surface area contributed by atoms with Crippen LogP contribution in [0.5, 0.6) is 6.01 Å². The third-order valence-electron chi connectivity index (χ3n) is 8.29. The number of rotatable bonds is 6. The van der Waals surface area contributed by atoms with Crippen LogP contribution in [0.4, 0.5) is 14.6 Å². The summed E-state index contributed by atoms with van der Waals surface area (Å²) in [7, 11) is 2.05. The number of carbonyl (C=O) groups excluding carboxylic acids is 1. The number of hydrogen-bond donors (Lipinski definition) is 0. The number of amides is 1. The number of benzene rings is 2. The molecule has 2 aliphatic heterocycles. The molecule has 4 heterocycles. The summed E-state index contributed by atoms with van der Waals surface area (Å²) in [4.78, 5) is 32.0. The molecule has 2 aromatic heterocycles. The smallest absolute Gasteiger partial charge is 0.319 e. The second-order valence-corrected chi connectivity index (χ2v) is 11.3. The molecule has 2 atom stereocenters. The number of fused-ring (bicyclic) bond motifs is 2. The van der Waals surface area contributed by atoms with E-state index in [0.717, 1.165) is 19.4 Å². The third kappa shape index (κ3) is 5.03. The molecule has 0 saturated carbocycles. The van der Waals surface area contributed by atoms with Crippen molar-refractivity contribution in [3.05, 3.63) is 65.8 Å². The molecule has 42 heavy (non-hydrogen) atoms. The molecule has 0 N–H and O–H groups in total. The highest BCUT2D eigenvalue weighted by atomic mass is 35.5. The van der Waals surface area contributed by atoms with Crippen molar-refractivity contribution in [2.24, 2.45) is 0 Å². The normalized spacial score (nSPS) is 19.5. The Morgan fingerprint density at radius 1 is 1.19 bits per heavy atom. The topological polar surface area (TPSA) is 74.7 Å². The number of likely N-dealkylation sites (tertiary alicyclic amines) is 1. The van der Waals surface area contributed by atoms with E-state index in [2.05, 4.69) is 28.5 Å². The predicted octanol–water partition coefficient (Wildman–Crippen LogP) is 5.47. The monoisotopic (exact) mass is 592 g/mol. The zero-order valence-corrected chi connectivity index (χ0v) is 24.2. The predicted molar refractivity (Wildman–Crippen MR) is 160 cm³/mol. The van der Waals surface area contributed by atoms with Crippen LogP contribution in [0.15, 0.2) is 49.2 Å². The first-order valence-electron chi connectivity index (χ1n) is 14.0. The summed E-state index contributed by atoms with van der Waals surface area (Å²) in [5.41, 5.74) is 0.403. The van der Waals surface area contributed by atoms with Crippen LogP contribution in [0.2, 0.25) is 5.02 Å². The van der Waals surface area contributed by atoms with Gasteiger partial charge in [-0.1, -0.05) is 42.4 Å².